The zero-order valence-corrected chi connectivity index (χ0v) is 13.7. The zero-order chi connectivity index (χ0) is 14.4. The summed E-state index contributed by atoms with van der Waals surface area (Å²) in [5.41, 5.74) is 0. The summed E-state index contributed by atoms with van der Waals surface area (Å²) in [5, 5.41) is 6.47. The zero-order valence-electron chi connectivity index (χ0n) is 12.0. The Balaban J connectivity index is 2.23. The molecule has 0 aromatic heterocycles. The molecular formula is C12H25N3O2S2. The minimum absolute atomic E-state index is 0.213. The number of aliphatic imine (C=N–C) groups is 1. The van der Waals surface area contributed by atoms with Gasteiger partial charge >= 0.3 is 0 Å². The lowest BCUT2D eigenvalue weighted by Gasteiger charge is -2.24. The Bertz CT molecular complexity index is 401. The first-order chi connectivity index (χ1) is 8.85. The van der Waals surface area contributed by atoms with Crippen LogP contribution in [-0.4, -0.2) is 57.0 Å². The summed E-state index contributed by atoms with van der Waals surface area (Å²) in [5.74, 6) is 2.20. The Kier molecular flexibility index (Phi) is 6.46. The fourth-order valence-corrected chi connectivity index (χ4v) is 3.92. The highest BCUT2D eigenvalue weighted by Gasteiger charge is 2.29. The van der Waals surface area contributed by atoms with Crippen LogP contribution in [0.2, 0.25) is 0 Å². The first kappa shape index (κ1) is 16.6. The standard InChI is InChI=1S/C12H25N3O2S2/c1-12(6-4-8-18-12)10-15-11(13-2)14-7-5-9-19(3,16)17/h4-10H2,1-3H3,(H2,13,14,15). The number of thioether (sulfide) groups is 1. The first-order valence-corrected chi connectivity index (χ1v) is 9.65. The van der Waals surface area contributed by atoms with Gasteiger partial charge in [0.2, 0.25) is 0 Å². The van der Waals surface area contributed by atoms with Crippen LogP contribution in [0.15, 0.2) is 4.99 Å². The monoisotopic (exact) mass is 307 g/mol. The highest BCUT2D eigenvalue weighted by atomic mass is 32.2. The summed E-state index contributed by atoms with van der Waals surface area (Å²) in [7, 11) is -1.14. The summed E-state index contributed by atoms with van der Waals surface area (Å²) in [4.78, 5) is 4.15. The normalized spacial score (nSPS) is 24.5. The van der Waals surface area contributed by atoms with Crippen molar-refractivity contribution in [1.82, 2.24) is 10.6 Å². The van der Waals surface area contributed by atoms with E-state index >= 15 is 0 Å². The average molecular weight is 307 g/mol. The van der Waals surface area contributed by atoms with Gasteiger partial charge in [-0.25, -0.2) is 8.42 Å². The molecule has 1 aliphatic heterocycles. The van der Waals surface area contributed by atoms with Crippen molar-refractivity contribution in [3.05, 3.63) is 0 Å². The lowest BCUT2D eigenvalue weighted by atomic mass is 10.1. The summed E-state index contributed by atoms with van der Waals surface area (Å²) < 4.78 is 22.3. The molecule has 0 amide bonds. The lowest BCUT2D eigenvalue weighted by molar-refractivity contribution is 0.583. The van der Waals surface area contributed by atoms with Gasteiger partial charge in [0.05, 0.1) is 5.75 Å². The van der Waals surface area contributed by atoms with E-state index < -0.39 is 9.84 Å². The minimum Gasteiger partial charge on any atom is -0.356 e. The van der Waals surface area contributed by atoms with Crippen LogP contribution in [0.5, 0.6) is 0 Å². The number of hydrogen-bond acceptors (Lipinski definition) is 4. The average Bonchev–Trinajstić information content (AvgIpc) is 2.74. The summed E-state index contributed by atoms with van der Waals surface area (Å²) in [6.07, 6.45) is 4.38. The van der Waals surface area contributed by atoms with Crippen molar-refractivity contribution >= 4 is 27.6 Å². The minimum atomic E-state index is -2.87. The molecule has 0 aromatic carbocycles. The smallest absolute Gasteiger partial charge is 0.191 e. The Morgan fingerprint density at radius 3 is 2.68 bits per heavy atom. The Labute approximate surface area is 120 Å². The van der Waals surface area contributed by atoms with Gasteiger partial charge in [0.15, 0.2) is 5.96 Å². The predicted octanol–water partition coefficient (Wildman–Crippen LogP) is 0.872. The Hall–Kier alpha value is -0.430. The predicted molar refractivity (Wildman–Crippen MR) is 83.8 cm³/mol. The molecule has 0 spiro atoms. The van der Waals surface area contributed by atoms with Crippen molar-refractivity contribution in [2.45, 2.75) is 30.9 Å². The third-order valence-corrected chi connectivity index (χ3v) is 5.71. The number of hydrogen-bond donors (Lipinski definition) is 2. The van der Waals surface area contributed by atoms with E-state index in [-0.39, 0.29) is 5.75 Å². The van der Waals surface area contributed by atoms with E-state index in [0.717, 1.165) is 12.5 Å². The van der Waals surface area contributed by atoms with E-state index in [0.29, 0.717) is 17.7 Å². The summed E-state index contributed by atoms with van der Waals surface area (Å²) in [6, 6.07) is 0. The number of sulfone groups is 1. The fraction of sp³-hybridized carbons (Fsp3) is 0.917. The molecule has 0 saturated carbocycles. The van der Waals surface area contributed by atoms with E-state index in [1.165, 1.54) is 24.9 Å². The molecule has 0 radical (unpaired) electrons. The van der Waals surface area contributed by atoms with E-state index in [1.54, 1.807) is 7.05 Å². The number of rotatable bonds is 6. The molecule has 1 aliphatic rings. The number of nitrogens with one attached hydrogen (secondary N) is 2. The molecule has 1 fully saturated rings. The highest BCUT2D eigenvalue weighted by molar-refractivity contribution is 8.00. The summed E-state index contributed by atoms with van der Waals surface area (Å²) >= 11 is 2.00. The van der Waals surface area contributed by atoms with Crippen LogP contribution in [0.25, 0.3) is 0 Å². The van der Waals surface area contributed by atoms with E-state index in [2.05, 4.69) is 22.5 Å². The van der Waals surface area contributed by atoms with Gasteiger partial charge in [-0.15, -0.1) is 0 Å². The molecule has 2 N–H and O–H groups in total. The molecule has 0 aliphatic carbocycles. The van der Waals surface area contributed by atoms with Crippen molar-refractivity contribution in [1.29, 1.82) is 0 Å². The van der Waals surface area contributed by atoms with Crippen LogP contribution in [0.1, 0.15) is 26.2 Å². The number of guanidine groups is 1. The molecule has 0 bridgehead atoms. The molecule has 7 heteroatoms. The molecule has 1 unspecified atom stereocenters. The maximum atomic E-state index is 11.0. The molecule has 1 rings (SSSR count). The van der Waals surface area contributed by atoms with Crippen molar-refractivity contribution in [3.8, 4) is 0 Å². The largest absolute Gasteiger partial charge is 0.356 e. The Morgan fingerprint density at radius 2 is 2.16 bits per heavy atom. The van der Waals surface area contributed by atoms with Gasteiger partial charge in [0.25, 0.3) is 0 Å². The molecule has 0 aromatic rings. The quantitative estimate of drug-likeness (QED) is 0.433. The molecule has 1 saturated heterocycles. The SMILES string of the molecule is CN=C(NCCCS(C)(=O)=O)NCC1(C)CCCS1. The third kappa shape index (κ3) is 7.06. The number of nitrogens with zero attached hydrogens (tertiary/aromatic N) is 1. The van der Waals surface area contributed by atoms with Crippen molar-refractivity contribution in [2.75, 3.05) is 37.9 Å². The van der Waals surface area contributed by atoms with Crippen LogP contribution in [-0.2, 0) is 9.84 Å². The first-order valence-electron chi connectivity index (χ1n) is 6.61. The van der Waals surface area contributed by atoms with E-state index in [1.807, 2.05) is 11.8 Å². The molecule has 112 valence electrons. The van der Waals surface area contributed by atoms with Gasteiger partial charge in [0, 0.05) is 31.1 Å². The van der Waals surface area contributed by atoms with Crippen LogP contribution in [0.4, 0.5) is 0 Å². The van der Waals surface area contributed by atoms with E-state index in [4.69, 9.17) is 0 Å². The van der Waals surface area contributed by atoms with Crippen molar-refractivity contribution in [3.63, 3.8) is 0 Å². The molecular weight excluding hydrogens is 282 g/mol. The van der Waals surface area contributed by atoms with Crippen LogP contribution < -0.4 is 10.6 Å². The van der Waals surface area contributed by atoms with Gasteiger partial charge < -0.3 is 10.6 Å². The van der Waals surface area contributed by atoms with Crippen LogP contribution in [0.3, 0.4) is 0 Å². The van der Waals surface area contributed by atoms with Crippen LogP contribution in [0, 0.1) is 0 Å². The lowest BCUT2D eigenvalue weighted by Crippen LogP contribution is -2.44. The van der Waals surface area contributed by atoms with Crippen molar-refractivity contribution < 1.29 is 8.42 Å². The third-order valence-electron chi connectivity index (χ3n) is 3.14. The van der Waals surface area contributed by atoms with Gasteiger partial charge in [0.1, 0.15) is 9.84 Å². The second-order valence-corrected chi connectivity index (χ2v) is 9.18. The summed E-state index contributed by atoms with van der Waals surface area (Å²) in [6.45, 7) is 3.79. The molecule has 19 heavy (non-hydrogen) atoms. The van der Waals surface area contributed by atoms with Gasteiger partial charge in [-0.3, -0.25) is 4.99 Å². The van der Waals surface area contributed by atoms with Gasteiger partial charge in [-0.1, -0.05) is 0 Å². The fourth-order valence-electron chi connectivity index (χ4n) is 2.01. The second-order valence-electron chi connectivity index (χ2n) is 5.24. The molecule has 1 atom stereocenters. The Morgan fingerprint density at radius 1 is 1.42 bits per heavy atom. The second kappa shape index (κ2) is 7.38. The van der Waals surface area contributed by atoms with Crippen LogP contribution >= 0.6 is 11.8 Å². The topological polar surface area (TPSA) is 70.6 Å². The van der Waals surface area contributed by atoms with Crippen molar-refractivity contribution in [2.24, 2.45) is 4.99 Å². The highest BCUT2D eigenvalue weighted by Crippen LogP contribution is 2.36. The van der Waals surface area contributed by atoms with Gasteiger partial charge in [-0.05, 0) is 31.9 Å². The molecule has 1 heterocycles. The molecule has 5 nitrogen and oxygen atoms in total. The van der Waals surface area contributed by atoms with E-state index in [9.17, 15) is 8.42 Å². The maximum absolute atomic E-state index is 11.0. The maximum Gasteiger partial charge on any atom is 0.191 e. The van der Waals surface area contributed by atoms with Gasteiger partial charge in [-0.2, -0.15) is 11.8 Å².